The molecule has 1 heterocycles. The van der Waals surface area contributed by atoms with E-state index < -0.39 is 11.7 Å². The molecule has 1 N–H and O–H groups in total. The van der Waals surface area contributed by atoms with E-state index in [2.05, 4.69) is 10.2 Å². The van der Waals surface area contributed by atoms with Crippen LogP contribution in [0.5, 0.6) is 5.75 Å². The molecule has 144 valence electrons. The minimum Gasteiger partial charge on any atom is -0.484 e. The molecule has 2 aromatic carbocycles. The van der Waals surface area contributed by atoms with Crippen molar-refractivity contribution in [2.24, 2.45) is 0 Å². The van der Waals surface area contributed by atoms with Crippen LogP contribution < -0.4 is 15.0 Å². The number of piperidine rings is 1. The zero-order valence-electron chi connectivity index (χ0n) is 14.8. The molecule has 27 heavy (non-hydrogen) atoms. The monoisotopic (exact) mass is 378 g/mol. The fourth-order valence-electron chi connectivity index (χ4n) is 2.99. The number of anilines is 2. The maximum Gasteiger partial charge on any atom is 0.416 e. The van der Waals surface area contributed by atoms with Crippen LogP contribution in [0.3, 0.4) is 0 Å². The Bertz CT molecular complexity index is 752. The summed E-state index contributed by atoms with van der Waals surface area (Å²) in [6, 6.07) is 11.8. The molecule has 0 radical (unpaired) electrons. The van der Waals surface area contributed by atoms with Crippen molar-refractivity contribution in [3.63, 3.8) is 0 Å². The van der Waals surface area contributed by atoms with Gasteiger partial charge in [-0.1, -0.05) is 0 Å². The molecule has 1 saturated heterocycles. The Hall–Kier alpha value is -2.70. The first-order chi connectivity index (χ1) is 12.9. The van der Waals surface area contributed by atoms with Crippen LogP contribution in [0.4, 0.5) is 24.5 Å². The Kier molecular flexibility index (Phi) is 5.88. The van der Waals surface area contributed by atoms with Crippen LogP contribution in [0, 0.1) is 0 Å². The zero-order valence-corrected chi connectivity index (χ0v) is 14.8. The standard InChI is InChI=1S/C20H21F3N2O2/c21-20(22,23)15-4-10-18(11-5-15)27-14-19(26)24-16-6-8-17(9-7-16)25-12-2-1-3-13-25/h4-11H,1-3,12-14H2,(H,24,26). The summed E-state index contributed by atoms with van der Waals surface area (Å²) in [5.41, 5.74) is 1.03. The number of hydrogen-bond acceptors (Lipinski definition) is 3. The highest BCUT2D eigenvalue weighted by atomic mass is 19.4. The van der Waals surface area contributed by atoms with Crippen molar-refractivity contribution in [1.82, 2.24) is 0 Å². The van der Waals surface area contributed by atoms with Gasteiger partial charge in [0.1, 0.15) is 5.75 Å². The lowest BCUT2D eigenvalue weighted by Crippen LogP contribution is -2.29. The van der Waals surface area contributed by atoms with Crippen molar-refractivity contribution in [1.29, 1.82) is 0 Å². The molecule has 1 fully saturated rings. The predicted molar refractivity (Wildman–Crippen MR) is 98.1 cm³/mol. The Morgan fingerprint density at radius 1 is 0.963 bits per heavy atom. The van der Waals surface area contributed by atoms with Gasteiger partial charge in [-0.2, -0.15) is 13.2 Å². The van der Waals surface area contributed by atoms with Gasteiger partial charge in [0.05, 0.1) is 5.56 Å². The number of alkyl halides is 3. The molecule has 0 aromatic heterocycles. The van der Waals surface area contributed by atoms with E-state index in [-0.39, 0.29) is 18.3 Å². The quantitative estimate of drug-likeness (QED) is 0.819. The Morgan fingerprint density at radius 3 is 2.19 bits per heavy atom. The van der Waals surface area contributed by atoms with Crippen molar-refractivity contribution in [3.05, 3.63) is 54.1 Å². The van der Waals surface area contributed by atoms with E-state index in [1.165, 1.54) is 31.4 Å². The highest BCUT2D eigenvalue weighted by Crippen LogP contribution is 2.30. The van der Waals surface area contributed by atoms with Gasteiger partial charge in [-0.05, 0) is 67.8 Å². The van der Waals surface area contributed by atoms with Crippen LogP contribution in [0.1, 0.15) is 24.8 Å². The average molecular weight is 378 g/mol. The van der Waals surface area contributed by atoms with Gasteiger partial charge >= 0.3 is 6.18 Å². The number of nitrogens with zero attached hydrogens (tertiary/aromatic N) is 1. The van der Waals surface area contributed by atoms with Crippen molar-refractivity contribution >= 4 is 17.3 Å². The van der Waals surface area contributed by atoms with Crippen LogP contribution in [0.25, 0.3) is 0 Å². The first kappa shape index (κ1) is 19.1. The zero-order chi connectivity index (χ0) is 19.3. The van der Waals surface area contributed by atoms with Gasteiger partial charge in [0.2, 0.25) is 0 Å². The number of nitrogens with one attached hydrogen (secondary N) is 1. The fourth-order valence-corrected chi connectivity index (χ4v) is 2.99. The summed E-state index contributed by atoms with van der Waals surface area (Å²) in [7, 11) is 0. The Morgan fingerprint density at radius 2 is 1.59 bits per heavy atom. The number of hydrogen-bond donors (Lipinski definition) is 1. The molecular formula is C20H21F3N2O2. The van der Waals surface area contributed by atoms with Crippen molar-refractivity contribution in [3.8, 4) is 5.75 Å². The highest BCUT2D eigenvalue weighted by molar-refractivity contribution is 5.92. The van der Waals surface area contributed by atoms with Crippen molar-refractivity contribution < 1.29 is 22.7 Å². The smallest absolute Gasteiger partial charge is 0.416 e. The first-order valence-electron chi connectivity index (χ1n) is 8.87. The number of ether oxygens (including phenoxy) is 1. The molecule has 4 nitrogen and oxygen atoms in total. The number of carbonyl (C=O) groups is 1. The lowest BCUT2D eigenvalue weighted by atomic mass is 10.1. The molecule has 0 saturated carbocycles. The van der Waals surface area contributed by atoms with Gasteiger partial charge in [0.15, 0.2) is 6.61 Å². The number of rotatable bonds is 5. The number of amides is 1. The van der Waals surface area contributed by atoms with E-state index in [0.29, 0.717) is 5.69 Å². The van der Waals surface area contributed by atoms with E-state index in [9.17, 15) is 18.0 Å². The van der Waals surface area contributed by atoms with Gasteiger partial charge < -0.3 is 15.0 Å². The van der Waals surface area contributed by atoms with E-state index in [1.54, 1.807) is 0 Å². The molecular weight excluding hydrogens is 357 g/mol. The summed E-state index contributed by atoms with van der Waals surface area (Å²) in [5, 5.41) is 2.72. The lowest BCUT2D eigenvalue weighted by Gasteiger charge is -2.28. The molecule has 7 heteroatoms. The Labute approximate surface area is 155 Å². The molecule has 0 bridgehead atoms. The number of benzene rings is 2. The molecule has 2 aromatic rings. The maximum atomic E-state index is 12.5. The third kappa shape index (κ3) is 5.39. The second-order valence-electron chi connectivity index (χ2n) is 6.45. The normalized spacial score (nSPS) is 14.7. The Balaban J connectivity index is 1.49. The van der Waals surface area contributed by atoms with E-state index in [4.69, 9.17) is 4.74 Å². The second-order valence-corrected chi connectivity index (χ2v) is 6.45. The van der Waals surface area contributed by atoms with Gasteiger partial charge in [-0.25, -0.2) is 0 Å². The third-order valence-electron chi connectivity index (χ3n) is 4.42. The van der Waals surface area contributed by atoms with Gasteiger partial charge in [-0.15, -0.1) is 0 Å². The van der Waals surface area contributed by atoms with Crippen molar-refractivity contribution in [2.45, 2.75) is 25.4 Å². The molecule has 0 spiro atoms. The van der Waals surface area contributed by atoms with E-state index in [1.807, 2.05) is 24.3 Å². The van der Waals surface area contributed by atoms with Gasteiger partial charge in [0.25, 0.3) is 5.91 Å². The summed E-state index contributed by atoms with van der Waals surface area (Å²) in [6.07, 6.45) is -0.737. The van der Waals surface area contributed by atoms with E-state index >= 15 is 0 Å². The molecule has 1 amide bonds. The summed E-state index contributed by atoms with van der Waals surface area (Å²) >= 11 is 0. The van der Waals surface area contributed by atoms with Crippen LogP contribution in [-0.4, -0.2) is 25.6 Å². The summed E-state index contributed by atoms with van der Waals surface area (Å²) < 4.78 is 42.8. The summed E-state index contributed by atoms with van der Waals surface area (Å²) in [4.78, 5) is 14.3. The molecule has 0 atom stereocenters. The topological polar surface area (TPSA) is 41.6 Å². The average Bonchev–Trinajstić information content (AvgIpc) is 2.67. The van der Waals surface area contributed by atoms with Gasteiger partial charge in [0, 0.05) is 24.5 Å². The SMILES string of the molecule is O=C(COc1ccc(C(F)(F)F)cc1)Nc1ccc(N2CCCCC2)cc1. The second kappa shape index (κ2) is 8.33. The maximum absolute atomic E-state index is 12.5. The molecule has 3 rings (SSSR count). The summed E-state index contributed by atoms with van der Waals surface area (Å²) in [6.45, 7) is 1.82. The highest BCUT2D eigenvalue weighted by Gasteiger charge is 2.30. The summed E-state index contributed by atoms with van der Waals surface area (Å²) in [5.74, 6) is -0.167. The number of halogens is 3. The minimum atomic E-state index is -4.39. The van der Waals surface area contributed by atoms with Crippen LogP contribution in [0.2, 0.25) is 0 Å². The fraction of sp³-hybridized carbons (Fsp3) is 0.350. The van der Waals surface area contributed by atoms with Gasteiger partial charge in [-0.3, -0.25) is 4.79 Å². The largest absolute Gasteiger partial charge is 0.484 e. The van der Waals surface area contributed by atoms with Crippen molar-refractivity contribution in [2.75, 3.05) is 29.9 Å². The van der Waals surface area contributed by atoms with E-state index in [0.717, 1.165) is 30.9 Å². The van der Waals surface area contributed by atoms with Crippen LogP contribution >= 0.6 is 0 Å². The van der Waals surface area contributed by atoms with Crippen LogP contribution in [-0.2, 0) is 11.0 Å². The molecule has 1 aliphatic heterocycles. The minimum absolute atomic E-state index is 0.207. The molecule has 0 aliphatic carbocycles. The third-order valence-corrected chi connectivity index (χ3v) is 4.42. The van der Waals surface area contributed by atoms with Crippen LogP contribution in [0.15, 0.2) is 48.5 Å². The molecule has 1 aliphatic rings. The molecule has 0 unspecified atom stereocenters. The lowest BCUT2D eigenvalue weighted by molar-refractivity contribution is -0.137. The predicted octanol–water partition coefficient (Wildman–Crippen LogP) is 4.71. The number of carbonyl (C=O) groups excluding carboxylic acids is 1. The first-order valence-corrected chi connectivity index (χ1v) is 8.87.